The quantitative estimate of drug-likeness (QED) is 0.821. The Kier molecular flexibility index (Phi) is 3.21. The summed E-state index contributed by atoms with van der Waals surface area (Å²) < 4.78 is 0. The zero-order valence-electron chi connectivity index (χ0n) is 10.2. The first-order valence-corrected chi connectivity index (χ1v) is 7.31. The van der Waals surface area contributed by atoms with Gasteiger partial charge in [0.2, 0.25) is 0 Å². The molecule has 0 unspecified atom stereocenters. The second-order valence-electron chi connectivity index (χ2n) is 4.55. The van der Waals surface area contributed by atoms with E-state index in [9.17, 15) is 4.79 Å². The number of carbonyl (C=O) groups is 1. The summed E-state index contributed by atoms with van der Waals surface area (Å²) in [7, 11) is 0. The number of hydrogen-bond donors (Lipinski definition) is 1. The van der Waals surface area contributed by atoms with Gasteiger partial charge in [0.25, 0.3) is 5.91 Å². The molecule has 3 rings (SSSR count). The number of nitrogen functional groups attached to an aromatic ring is 1. The Morgan fingerprint density at radius 3 is 3.00 bits per heavy atom. The molecule has 1 aliphatic rings. The van der Waals surface area contributed by atoms with Crippen LogP contribution in [0.2, 0.25) is 5.02 Å². The van der Waals surface area contributed by atoms with Crippen LogP contribution in [0.15, 0.2) is 29.6 Å². The van der Waals surface area contributed by atoms with Crippen molar-refractivity contribution in [3.63, 3.8) is 0 Å². The van der Waals surface area contributed by atoms with E-state index in [1.165, 1.54) is 10.4 Å². The lowest BCUT2D eigenvalue weighted by atomic mass is 10.1. The normalized spacial score (nSPS) is 14.3. The zero-order chi connectivity index (χ0) is 13.4. The molecule has 0 bridgehead atoms. The van der Waals surface area contributed by atoms with Gasteiger partial charge in [-0.1, -0.05) is 17.7 Å². The number of anilines is 1. The van der Waals surface area contributed by atoms with Crippen LogP contribution in [0.25, 0.3) is 0 Å². The van der Waals surface area contributed by atoms with Gasteiger partial charge in [-0.2, -0.15) is 0 Å². The van der Waals surface area contributed by atoms with E-state index < -0.39 is 0 Å². The number of fused-ring (bicyclic) bond motifs is 1. The van der Waals surface area contributed by atoms with E-state index >= 15 is 0 Å². The lowest BCUT2D eigenvalue weighted by Gasteiger charge is -2.27. The van der Waals surface area contributed by atoms with Crippen molar-refractivity contribution < 1.29 is 4.79 Å². The lowest BCUT2D eigenvalue weighted by Crippen LogP contribution is -2.35. The van der Waals surface area contributed by atoms with E-state index in [-0.39, 0.29) is 5.91 Å². The second kappa shape index (κ2) is 4.87. The summed E-state index contributed by atoms with van der Waals surface area (Å²) >= 11 is 7.85. The van der Waals surface area contributed by atoms with Gasteiger partial charge in [0.15, 0.2) is 0 Å². The van der Waals surface area contributed by atoms with E-state index in [2.05, 4.69) is 11.4 Å². The minimum Gasteiger partial charge on any atom is -0.398 e. The van der Waals surface area contributed by atoms with Crippen LogP contribution in [0.4, 0.5) is 5.69 Å². The fourth-order valence-electron chi connectivity index (χ4n) is 2.35. The standard InChI is InChI=1S/C14H13ClN2OS/c15-10-2-1-3-11(16)13(10)14(18)17-6-4-12-9(8-17)5-7-19-12/h1-3,5,7H,4,6,8,16H2. The zero-order valence-corrected chi connectivity index (χ0v) is 11.8. The van der Waals surface area contributed by atoms with Crippen molar-refractivity contribution in [2.24, 2.45) is 0 Å². The summed E-state index contributed by atoms with van der Waals surface area (Å²) in [6, 6.07) is 7.24. The third kappa shape index (κ3) is 2.22. The van der Waals surface area contributed by atoms with Crippen LogP contribution in [0.1, 0.15) is 20.8 Å². The minimum absolute atomic E-state index is 0.0834. The molecule has 0 saturated carbocycles. The highest BCUT2D eigenvalue weighted by Gasteiger charge is 2.25. The third-order valence-corrected chi connectivity index (χ3v) is 4.69. The predicted molar refractivity (Wildman–Crippen MR) is 78.6 cm³/mol. The number of nitrogens with two attached hydrogens (primary N) is 1. The summed E-state index contributed by atoms with van der Waals surface area (Å²) in [5.41, 5.74) is 7.96. The predicted octanol–water partition coefficient (Wildman–Crippen LogP) is 3.18. The van der Waals surface area contributed by atoms with Gasteiger partial charge in [0, 0.05) is 23.7 Å². The van der Waals surface area contributed by atoms with Crippen molar-refractivity contribution in [2.75, 3.05) is 12.3 Å². The molecule has 0 saturated heterocycles. The van der Waals surface area contributed by atoms with Crippen molar-refractivity contribution >= 4 is 34.5 Å². The SMILES string of the molecule is Nc1cccc(Cl)c1C(=O)N1CCc2sccc2C1. The van der Waals surface area contributed by atoms with Gasteiger partial charge in [-0.15, -0.1) is 11.3 Å². The van der Waals surface area contributed by atoms with Crippen molar-refractivity contribution in [2.45, 2.75) is 13.0 Å². The number of thiophene rings is 1. The van der Waals surface area contributed by atoms with E-state index in [1.54, 1.807) is 29.5 Å². The molecule has 1 amide bonds. The second-order valence-corrected chi connectivity index (χ2v) is 5.96. The Morgan fingerprint density at radius 2 is 2.21 bits per heavy atom. The van der Waals surface area contributed by atoms with E-state index in [0.717, 1.165) is 13.0 Å². The maximum absolute atomic E-state index is 12.5. The molecule has 0 spiro atoms. The molecule has 1 aromatic carbocycles. The Bertz CT molecular complexity index is 618. The lowest BCUT2D eigenvalue weighted by molar-refractivity contribution is 0.0737. The molecule has 1 aromatic heterocycles. The average molecular weight is 293 g/mol. The number of benzene rings is 1. The summed E-state index contributed by atoms with van der Waals surface area (Å²) in [4.78, 5) is 15.7. The summed E-state index contributed by atoms with van der Waals surface area (Å²) in [5.74, 6) is -0.0834. The molecule has 0 atom stereocenters. The van der Waals surface area contributed by atoms with Crippen LogP contribution in [0, 0.1) is 0 Å². The molecule has 98 valence electrons. The molecule has 0 fully saturated rings. The Labute approximate surface area is 120 Å². The van der Waals surface area contributed by atoms with Gasteiger partial charge in [0.1, 0.15) is 0 Å². The molecule has 1 aliphatic heterocycles. The van der Waals surface area contributed by atoms with Crippen LogP contribution in [-0.4, -0.2) is 17.4 Å². The molecule has 19 heavy (non-hydrogen) atoms. The summed E-state index contributed by atoms with van der Waals surface area (Å²) in [6.45, 7) is 1.36. The summed E-state index contributed by atoms with van der Waals surface area (Å²) in [6.07, 6.45) is 0.906. The first-order chi connectivity index (χ1) is 9.16. The fraction of sp³-hybridized carbons (Fsp3) is 0.214. The monoisotopic (exact) mass is 292 g/mol. The Hall–Kier alpha value is -1.52. The largest absolute Gasteiger partial charge is 0.398 e. The highest BCUT2D eigenvalue weighted by molar-refractivity contribution is 7.10. The molecular weight excluding hydrogens is 280 g/mol. The molecule has 2 heterocycles. The molecule has 0 aliphatic carbocycles. The first kappa shape index (κ1) is 12.5. The van der Waals surface area contributed by atoms with Crippen molar-refractivity contribution in [3.8, 4) is 0 Å². The molecule has 2 aromatic rings. The first-order valence-electron chi connectivity index (χ1n) is 6.05. The van der Waals surface area contributed by atoms with Crippen LogP contribution in [0.3, 0.4) is 0 Å². The molecule has 2 N–H and O–H groups in total. The molecule has 0 radical (unpaired) electrons. The van der Waals surface area contributed by atoms with Gasteiger partial charge < -0.3 is 10.6 Å². The third-order valence-electron chi connectivity index (χ3n) is 3.35. The van der Waals surface area contributed by atoms with E-state index in [4.69, 9.17) is 17.3 Å². The fourth-order valence-corrected chi connectivity index (χ4v) is 3.50. The molecule has 3 nitrogen and oxygen atoms in total. The van der Waals surface area contributed by atoms with E-state index in [1.807, 2.05) is 4.90 Å². The molecular formula is C14H13ClN2OS. The number of halogens is 1. The number of amides is 1. The number of hydrogen-bond acceptors (Lipinski definition) is 3. The van der Waals surface area contributed by atoms with Gasteiger partial charge in [-0.25, -0.2) is 0 Å². The van der Waals surface area contributed by atoms with Crippen LogP contribution in [-0.2, 0) is 13.0 Å². The van der Waals surface area contributed by atoms with Gasteiger partial charge in [-0.3, -0.25) is 4.79 Å². The van der Waals surface area contributed by atoms with Crippen molar-refractivity contribution in [3.05, 3.63) is 50.7 Å². The van der Waals surface area contributed by atoms with Crippen LogP contribution in [0.5, 0.6) is 0 Å². The highest BCUT2D eigenvalue weighted by Crippen LogP contribution is 2.28. The van der Waals surface area contributed by atoms with Crippen LogP contribution >= 0.6 is 22.9 Å². The topological polar surface area (TPSA) is 46.3 Å². The summed E-state index contributed by atoms with van der Waals surface area (Å²) in [5, 5.41) is 2.49. The minimum atomic E-state index is -0.0834. The maximum atomic E-state index is 12.5. The van der Waals surface area contributed by atoms with Crippen molar-refractivity contribution in [1.29, 1.82) is 0 Å². The maximum Gasteiger partial charge on any atom is 0.257 e. The smallest absolute Gasteiger partial charge is 0.257 e. The number of carbonyl (C=O) groups excluding carboxylic acids is 1. The van der Waals surface area contributed by atoms with Gasteiger partial charge in [-0.05, 0) is 35.6 Å². The molecule has 5 heteroatoms. The van der Waals surface area contributed by atoms with Gasteiger partial charge >= 0.3 is 0 Å². The van der Waals surface area contributed by atoms with Gasteiger partial charge in [0.05, 0.1) is 10.6 Å². The van der Waals surface area contributed by atoms with Crippen LogP contribution < -0.4 is 5.73 Å². The van der Waals surface area contributed by atoms with Crippen molar-refractivity contribution in [1.82, 2.24) is 4.90 Å². The average Bonchev–Trinajstić information content (AvgIpc) is 2.85. The van der Waals surface area contributed by atoms with E-state index in [0.29, 0.717) is 22.8 Å². The Morgan fingerprint density at radius 1 is 1.37 bits per heavy atom. The number of rotatable bonds is 1. The number of nitrogens with zero attached hydrogens (tertiary/aromatic N) is 1. The highest BCUT2D eigenvalue weighted by atomic mass is 35.5. The Balaban J connectivity index is 1.90.